The molecule has 3 aliphatic carbocycles. The van der Waals surface area contributed by atoms with Gasteiger partial charge in [0.15, 0.2) is 0 Å². The molecule has 0 radical (unpaired) electrons. The minimum absolute atomic E-state index is 0.241. The van der Waals surface area contributed by atoms with Crippen LogP contribution >= 0.6 is 0 Å². The number of anilines is 1. The van der Waals surface area contributed by atoms with Crippen LogP contribution in [0.3, 0.4) is 0 Å². The van der Waals surface area contributed by atoms with E-state index in [2.05, 4.69) is 6.92 Å². The van der Waals surface area contributed by atoms with Gasteiger partial charge in [0.25, 0.3) is 0 Å². The van der Waals surface area contributed by atoms with Crippen molar-refractivity contribution in [3.63, 3.8) is 0 Å². The Morgan fingerprint density at radius 3 is 2.09 bits per heavy atom. The molecule has 0 saturated carbocycles. The van der Waals surface area contributed by atoms with Gasteiger partial charge in [0.2, 0.25) is 11.8 Å². The number of carbonyl (C=O) groups is 3. The van der Waals surface area contributed by atoms with Crippen LogP contribution in [0.1, 0.15) is 47.9 Å². The zero-order valence-electron chi connectivity index (χ0n) is 18.9. The molecule has 5 nitrogen and oxygen atoms in total. The first kappa shape index (κ1) is 20.8. The Morgan fingerprint density at radius 1 is 0.882 bits per heavy atom. The summed E-state index contributed by atoms with van der Waals surface area (Å²) in [6.45, 7) is 2.73. The summed E-state index contributed by atoms with van der Waals surface area (Å²) < 4.78 is 5.74. The zero-order valence-corrected chi connectivity index (χ0v) is 18.9. The number of rotatable bonds is 6. The third-order valence-electron chi connectivity index (χ3n) is 7.73. The SMILES string of the molecule is CCCCOc1ccc(N2C(=O)C3[C@@H](C2=O)C2c4ccccc4C3(C=O)c3ccccc32)cc1. The van der Waals surface area contributed by atoms with Crippen molar-refractivity contribution in [2.75, 3.05) is 11.5 Å². The second kappa shape index (κ2) is 7.66. The Labute approximate surface area is 198 Å². The van der Waals surface area contributed by atoms with E-state index in [-0.39, 0.29) is 17.7 Å². The second-order valence-corrected chi connectivity index (χ2v) is 9.35. The molecule has 4 aliphatic rings. The fourth-order valence-corrected chi connectivity index (χ4v) is 6.31. The van der Waals surface area contributed by atoms with Gasteiger partial charge in [0.05, 0.1) is 29.5 Å². The average molecular weight is 452 g/mol. The highest BCUT2D eigenvalue weighted by Crippen LogP contribution is 2.63. The number of amides is 2. The highest BCUT2D eigenvalue weighted by molar-refractivity contribution is 6.24. The van der Waals surface area contributed by atoms with Crippen molar-refractivity contribution < 1.29 is 19.1 Å². The predicted octanol–water partition coefficient (Wildman–Crippen LogP) is 4.62. The van der Waals surface area contributed by atoms with Crippen LogP contribution in [0.4, 0.5) is 5.69 Å². The van der Waals surface area contributed by atoms with E-state index in [1.54, 1.807) is 24.3 Å². The van der Waals surface area contributed by atoms with Crippen LogP contribution in [0.2, 0.25) is 0 Å². The van der Waals surface area contributed by atoms with Gasteiger partial charge in [-0.15, -0.1) is 0 Å². The number of aldehydes is 1. The number of hydrogen-bond acceptors (Lipinski definition) is 4. The van der Waals surface area contributed by atoms with Gasteiger partial charge in [0.1, 0.15) is 12.0 Å². The molecule has 2 bridgehead atoms. The zero-order chi connectivity index (χ0) is 23.4. The average Bonchev–Trinajstić information content (AvgIpc) is 3.15. The van der Waals surface area contributed by atoms with Gasteiger partial charge in [0, 0.05) is 5.92 Å². The van der Waals surface area contributed by atoms with Gasteiger partial charge >= 0.3 is 0 Å². The molecule has 3 aromatic carbocycles. The van der Waals surface area contributed by atoms with Crippen LogP contribution in [0.15, 0.2) is 72.8 Å². The molecule has 1 saturated heterocycles. The van der Waals surface area contributed by atoms with Crippen molar-refractivity contribution in [2.24, 2.45) is 11.8 Å². The number of hydrogen-bond donors (Lipinski definition) is 0. The van der Waals surface area contributed by atoms with E-state index in [9.17, 15) is 14.4 Å². The molecule has 170 valence electrons. The number of carbonyl (C=O) groups excluding carboxylic acids is 3. The van der Waals surface area contributed by atoms with Crippen molar-refractivity contribution >= 4 is 23.8 Å². The van der Waals surface area contributed by atoms with E-state index >= 15 is 0 Å². The van der Waals surface area contributed by atoms with E-state index in [0.717, 1.165) is 41.4 Å². The standard InChI is InChI=1S/C29H25NO4/c1-2-3-16-34-19-14-12-18(13-15-19)30-27(32)25-24-20-8-4-6-10-22(20)29(17-31,26(25)28(30)33)23-11-7-5-9-21(23)24/h4-15,17,24-26H,2-3,16H2,1H3/t24?,25-,26?,29?/m0/s1. The highest BCUT2D eigenvalue weighted by Gasteiger charge is 2.68. The van der Waals surface area contributed by atoms with Crippen LogP contribution < -0.4 is 9.64 Å². The topological polar surface area (TPSA) is 63.7 Å². The third kappa shape index (κ3) is 2.58. The minimum atomic E-state index is -1.17. The highest BCUT2D eigenvalue weighted by atomic mass is 16.5. The minimum Gasteiger partial charge on any atom is -0.494 e. The van der Waals surface area contributed by atoms with Crippen molar-refractivity contribution in [3.8, 4) is 5.75 Å². The number of unbranched alkanes of at least 4 members (excludes halogenated alkanes) is 1. The quantitative estimate of drug-likeness (QED) is 0.312. The lowest BCUT2D eigenvalue weighted by molar-refractivity contribution is -0.128. The van der Waals surface area contributed by atoms with E-state index < -0.39 is 17.3 Å². The number of imide groups is 1. The molecule has 1 heterocycles. The third-order valence-corrected chi connectivity index (χ3v) is 7.73. The number of ether oxygens (including phenoxy) is 1. The monoisotopic (exact) mass is 451 g/mol. The van der Waals surface area contributed by atoms with E-state index in [1.165, 1.54) is 4.90 Å². The van der Waals surface area contributed by atoms with Gasteiger partial charge in [-0.2, -0.15) is 0 Å². The molecule has 1 unspecified atom stereocenters. The summed E-state index contributed by atoms with van der Waals surface area (Å²) in [7, 11) is 0. The smallest absolute Gasteiger partial charge is 0.239 e. The summed E-state index contributed by atoms with van der Waals surface area (Å²) in [5, 5.41) is 0. The van der Waals surface area contributed by atoms with Crippen LogP contribution in [0, 0.1) is 11.8 Å². The molecule has 0 spiro atoms. The first-order valence-corrected chi connectivity index (χ1v) is 11.9. The molecule has 34 heavy (non-hydrogen) atoms. The van der Waals surface area contributed by atoms with Crippen molar-refractivity contribution in [1.29, 1.82) is 0 Å². The summed E-state index contributed by atoms with van der Waals surface area (Å²) in [6, 6.07) is 22.6. The molecule has 5 heteroatoms. The molecular weight excluding hydrogens is 426 g/mol. The van der Waals surface area contributed by atoms with Crippen LogP contribution in [0.25, 0.3) is 0 Å². The van der Waals surface area contributed by atoms with E-state index in [0.29, 0.717) is 18.0 Å². The lowest BCUT2D eigenvalue weighted by Crippen LogP contribution is -2.54. The maximum absolute atomic E-state index is 13.9. The largest absolute Gasteiger partial charge is 0.494 e. The Balaban J connectivity index is 1.46. The van der Waals surface area contributed by atoms with E-state index in [4.69, 9.17) is 4.74 Å². The fourth-order valence-electron chi connectivity index (χ4n) is 6.31. The van der Waals surface area contributed by atoms with Crippen LogP contribution in [-0.4, -0.2) is 24.7 Å². The second-order valence-electron chi connectivity index (χ2n) is 9.35. The van der Waals surface area contributed by atoms with Crippen molar-refractivity contribution in [1.82, 2.24) is 0 Å². The van der Waals surface area contributed by atoms with Crippen LogP contribution in [0.5, 0.6) is 5.75 Å². The first-order valence-electron chi connectivity index (χ1n) is 11.9. The summed E-state index contributed by atoms with van der Waals surface area (Å²) in [5.74, 6) is -1.46. The Morgan fingerprint density at radius 2 is 1.50 bits per heavy atom. The maximum Gasteiger partial charge on any atom is 0.239 e. The van der Waals surface area contributed by atoms with Gasteiger partial charge in [-0.05, 0) is 52.9 Å². The lowest BCUT2D eigenvalue weighted by atomic mass is 9.48. The molecule has 2 atom stereocenters. The van der Waals surface area contributed by atoms with Gasteiger partial charge in [-0.25, -0.2) is 4.90 Å². The Bertz CT molecular complexity index is 1260. The fraction of sp³-hybridized carbons (Fsp3) is 0.276. The number of benzene rings is 3. The van der Waals surface area contributed by atoms with Gasteiger partial charge in [-0.3, -0.25) is 9.59 Å². The molecule has 1 aliphatic heterocycles. The lowest BCUT2D eigenvalue weighted by Gasteiger charge is -2.51. The molecule has 0 aromatic heterocycles. The van der Waals surface area contributed by atoms with E-state index in [1.807, 2.05) is 48.5 Å². The summed E-state index contributed by atoms with van der Waals surface area (Å²) in [6.07, 6.45) is 2.91. The number of nitrogens with zero attached hydrogens (tertiary/aromatic N) is 1. The Hall–Kier alpha value is -3.73. The van der Waals surface area contributed by atoms with Gasteiger partial charge < -0.3 is 9.53 Å². The molecule has 0 N–H and O–H groups in total. The molecular formula is C29H25NO4. The first-order chi connectivity index (χ1) is 16.6. The Kier molecular flexibility index (Phi) is 4.70. The molecule has 7 rings (SSSR count). The van der Waals surface area contributed by atoms with Gasteiger partial charge in [-0.1, -0.05) is 61.9 Å². The maximum atomic E-state index is 13.9. The summed E-state index contributed by atoms with van der Waals surface area (Å²) in [4.78, 5) is 42.1. The predicted molar refractivity (Wildman–Crippen MR) is 128 cm³/mol. The summed E-state index contributed by atoms with van der Waals surface area (Å²) in [5.41, 5.74) is 2.97. The molecule has 2 amide bonds. The van der Waals surface area contributed by atoms with Crippen molar-refractivity contribution in [2.45, 2.75) is 31.1 Å². The molecule has 3 aromatic rings. The normalized spacial score (nSPS) is 26.1. The summed E-state index contributed by atoms with van der Waals surface area (Å²) >= 11 is 0. The van der Waals surface area contributed by atoms with Crippen LogP contribution in [-0.2, 0) is 19.8 Å². The van der Waals surface area contributed by atoms with Crippen molar-refractivity contribution in [3.05, 3.63) is 95.1 Å². The molecule has 1 fully saturated rings.